The van der Waals surface area contributed by atoms with Crippen molar-refractivity contribution in [1.82, 2.24) is 0 Å². The zero-order valence-electron chi connectivity index (χ0n) is 19.0. The Kier molecular flexibility index (Phi) is 8.00. The third-order valence-electron chi connectivity index (χ3n) is 7.56. The van der Waals surface area contributed by atoms with Gasteiger partial charge in [0.05, 0.1) is 13.2 Å². The van der Waals surface area contributed by atoms with Crippen molar-refractivity contribution in [1.29, 1.82) is 0 Å². The predicted octanol–water partition coefficient (Wildman–Crippen LogP) is 5.45. The molecule has 4 saturated carbocycles. The third-order valence-corrected chi connectivity index (χ3v) is 11.5. The normalized spacial score (nSPS) is 29.1. The van der Waals surface area contributed by atoms with Crippen LogP contribution in [-0.4, -0.2) is 33.9 Å². The van der Waals surface area contributed by atoms with E-state index >= 15 is 0 Å². The quantitative estimate of drug-likeness (QED) is 0.178. The van der Waals surface area contributed by atoms with E-state index in [0.717, 1.165) is 30.6 Å². The van der Waals surface area contributed by atoms with Crippen LogP contribution in [0.25, 0.3) is 0 Å². The van der Waals surface area contributed by atoms with Crippen LogP contribution in [0.1, 0.15) is 65.2 Å². The molecule has 4 bridgehead atoms. The Morgan fingerprint density at radius 3 is 1.60 bits per heavy atom. The monoisotopic (exact) mass is 432 g/mol. The molecule has 4 fully saturated rings. The van der Waals surface area contributed by atoms with Gasteiger partial charge >= 0.3 is 11.9 Å². The number of carbonyl (C=O) groups excluding carboxylic acids is 2. The van der Waals surface area contributed by atoms with Gasteiger partial charge in [0, 0.05) is 19.9 Å². The van der Waals surface area contributed by atoms with E-state index in [2.05, 4.69) is 13.2 Å². The average molecular weight is 433 g/mol. The van der Waals surface area contributed by atoms with Crippen LogP contribution in [0.4, 0.5) is 0 Å². The SMILES string of the molecule is C=C(C)C(=O)OCCC[SiH](CCCOC(=O)C(=C)C)CC12CC3CC(CC(C3)C1)C2. The summed E-state index contributed by atoms with van der Waals surface area (Å²) in [4.78, 5) is 23.3. The van der Waals surface area contributed by atoms with Crippen molar-refractivity contribution in [3.05, 3.63) is 24.3 Å². The molecule has 168 valence electrons. The number of rotatable bonds is 12. The van der Waals surface area contributed by atoms with E-state index in [9.17, 15) is 9.59 Å². The molecule has 0 amide bonds. The summed E-state index contributed by atoms with van der Waals surface area (Å²) in [7, 11) is -0.994. The van der Waals surface area contributed by atoms with E-state index in [4.69, 9.17) is 9.47 Å². The summed E-state index contributed by atoms with van der Waals surface area (Å²) in [5, 5.41) is 0. The molecule has 0 aromatic rings. The first kappa shape index (κ1) is 23.3. The number of hydrogen-bond donors (Lipinski definition) is 0. The van der Waals surface area contributed by atoms with Gasteiger partial charge in [-0.2, -0.15) is 0 Å². The van der Waals surface area contributed by atoms with E-state index in [1.165, 1.54) is 56.7 Å². The molecule has 4 aliphatic rings. The fourth-order valence-electron chi connectivity index (χ4n) is 6.82. The number of carbonyl (C=O) groups is 2. The molecule has 0 saturated heterocycles. The maximum Gasteiger partial charge on any atom is 0.333 e. The molecule has 0 aliphatic heterocycles. The molecule has 4 aliphatic carbocycles. The summed E-state index contributed by atoms with van der Waals surface area (Å²) in [6.45, 7) is 11.7. The molecule has 0 N–H and O–H groups in total. The summed E-state index contributed by atoms with van der Waals surface area (Å²) in [6.07, 6.45) is 10.7. The number of ether oxygens (including phenoxy) is 2. The highest BCUT2D eigenvalue weighted by molar-refractivity contribution is 6.59. The molecule has 5 heteroatoms. The smallest absolute Gasteiger partial charge is 0.333 e. The molecule has 30 heavy (non-hydrogen) atoms. The molecule has 0 aromatic heterocycles. The summed E-state index contributed by atoms with van der Waals surface area (Å²) in [5.74, 6) is 2.40. The van der Waals surface area contributed by atoms with Crippen molar-refractivity contribution in [3.8, 4) is 0 Å². The van der Waals surface area contributed by atoms with E-state index in [1.807, 2.05) is 0 Å². The van der Waals surface area contributed by atoms with Gasteiger partial charge < -0.3 is 9.47 Å². The summed E-state index contributed by atoms with van der Waals surface area (Å²) >= 11 is 0. The van der Waals surface area contributed by atoms with Crippen molar-refractivity contribution in [3.63, 3.8) is 0 Å². The van der Waals surface area contributed by atoms with Crippen molar-refractivity contribution in [2.24, 2.45) is 23.2 Å². The Balaban J connectivity index is 1.51. The van der Waals surface area contributed by atoms with Crippen molar-refractivity contribution < 1.29 is 19.1 Å². The molecule has 4 nitrogen and oxygen atoms in total. The van der Waals surface area contributed by atoms with Crippen LogP contribution in [0.2, 0.25) is 18.1 Å². The lowest BCUT2D eigenvalue weighted by atomic mass is 9.50. The first-order valence-electron chi connectivity index (χ1n) is 11.9. The zero-order chi connectivity index (χ0) is 21.7. The molecular formula is C25H40O4Si. The minimum Gasteiger partial charge on any atom is -0.462 e. The second-order valence-electron chi connectivity index (χ2n) is 10.6. The van der Waals surface area contributed by atoms with Gasteiger partial charge in [-0.15, -0.1) is 0 Å². The second-order valence-corrected chi connectivity index (χ2v) is 13.9. The summed E-state index contributed by atoms with van der Waals surface area (Å²) in [5.41, 5.74) is 1.54. The Labute approximate surface area is 184 Å². The van der Waals surface area contributed by atoms with Gasteiger partial charge in [0.1, 0.15) is 0 Å². The Morgan fingerprint density at radius 1 is 0.833 bits per heavy atom. The van der Waals surface area contributed by atoms with Gasteiger partial charge in [-0.25, -0.2) is 9.59 Å². The molecule has 0 spiro atoms. The van der Waals surface area contributed by atoms with Gasteiger partial charge in [0.25, 0.3) is 0 Å². The van der Waals surface area contributed by atoms with Crippen molar-refractivity contribution in [2.75, 3.05) is 13.2 Å². The van der Waals surface area contributed by atoms with Crippen LogP contribution >= 0.6 is 0 Å². The van der Waals surface area contributed by atoms with E-state index in [1.54, 1.807) is 13.8 Å². The van der Waals surface area contributed by atoms with Crippen LogP contribution in [-0.2, 0) is 19.1 Å². The first-order valence-corrected chi connectivity index (χ1v) is 14.4. The topological polar surface area (TPSA) is 52.6 Å². The number of esters is 2. The standard InChI is InChI=1S/C25H40O4Si/c1-18(2)23(26)28-7-5-9-30(10-6-8-29-24(27)19(3)4)17-25-14-20-11-21(15-25)13-22(12-20)16-25/h20-22,30H,1,3,5-17H2,2,4H3. The highest BCUT2D eigenvalue weighted by atomic mass is 28.3. The summed E-state index contributed by atoms with van der Waals surface area (Å²) < 4.78 is 10.7. The lowest BCUT2D eigenvalue weighted by Crippen LogP contribution is -2.47. The minimum atomic E-state index is -0.994. The molecule has 0 unspecified atom stereocenters. The maximum absolute atomic E-state index is 11.7. The molecular weight excluding hydrogens is 392 g/mol. The lowest BCUT2D eigenvalue weighted by Gasteiger charge is -2.57. The average Bonchev–Trinajstić information content (AvgIpc) is 2.66. The molecule has 0 atom stereocenters. The van der Waals surface area contributed by atoms with Gasteiger partial charge in [-0.05, 0) is 88.4 Å². The summed E-state index contributed by atoms with van der Waals surface area (Å²) in [6, 6.07) is 3.85. The Morgan fingerprint density at radius 2 is 1.23 bits per heavy atom. The van der Waals surface area contributed by atoms with Crippen LogP contribution in [0.3, 0.4) is 0 Å². The van der Waals surface area contributed by atoms with Crippen LogP contribution in [0, 0.1) is 23.2 Å². The molecule has 4 rings (SSSR count). The van der Waals surface area contributed by atoms with Crippen LogP contribution in [0.15, 0.2) is 24.3 Å². The van der Waals surface area contributed by atoms with Gasteiger partial charge in [0.2, 0.25) is 0 Å². The van der Waals surface area contributed by atoms with Gasteiger partial charge in [-0.1, -0.05) is 31.3 Å². The van der Waals surface area contributed by atoms with Crippen molar-refractivity contribution in [2.45, 2.75) is 83.3 Å². The number of hydrogen-bond acceptors (Lipinski definition) is 4. The fraction of sp³-hybridized carbons (Fsp3) is 0.760. The predicted molar refractivity (Wildman–Crippen MR) is 123 cm³/mol. The molecule has 0 radical (unpaired) electrons. The highest BCUT2D eigenvalue weighted by Gasteiger charge is 2.51. The van der Waals surface area contributed by atoms with Crippen LogP contribution < -0.4 is 0 Å². The fourth-order valence-corrected chi connectivity index (χ4v) is 10.7. The maximum atomic E-state index is 11.7. The first-order chi connectivity index (χ1) is 14.3. The van der Waals surface area contributed by atoms with Crippen molar-refractivity contribution >= 4 is 20.7 Å². The van der Waals surface area contributed by atoms with E-state index in [-0.39, 0.29) is 11.9 Å². The molecule has 0 heterocycles. The van der Waals surface area contributed by atoms with Gasteiger partial charge in [0.15, 0.2) is 0 Å². The minimum absolute atomic E-state index is 0.277. The zero-order valence-corrected chi connectivity index (χ0v) is 20.2. The Hall–Kier alpha value is -1.36. The second kappa shape index (κ2) is 10.3. The molecule has 0 aromatic carbocycles. The van der Waals surface area contributed by atoms with Crippen LogP contribution in [0.5, 0.6) is 0 Å². The highest BCUT2D eigenvalue weighted by Crippen LogP contribution is 2.62. The van der Waals surface area contributed by atoms with Gasteiger partial charge in [-0.3, -0.25) is 0 Å². The third kappa shape index (κ3) is 6.32. The largest absolute Gasteiger partial charge is 0.462 e. The lowest BCUT2D eigenvalue weighted by molar-refractivity contribution is -0.139. The Bertz CT molecular complexity index is 599. The van der Waals surface area contributed by atoms with E-state index < -0.39 is 8.80 Å². The van der Waals surface area contributed by atoms with E-state index in [0.29, 0.717) is 29.8 Å².